The van der Waals surface area contributed by atoms with Crippen molar-refractivity contribution in [2.45, 2.75) is 26.0 Å². The fourth-order valence-electron chi connectivity index (χ4n) is 4.74. The standard InChI is InChI=1S/C27H26N4O3S/c1-17-25(35-16-30-17)14-29-20-5-6-23-19(12-20)11-18-3-2-4-22(27(18)34-23)24-15-31(9-10-33-24)21-7-8-28-26(32)13-21/h2-8,12-13,16,24,29H,9-11,14-15H2,1H3,(H,28,32). The van der Waals surface area contributed by atoms with E-state index in [0.29, 0.717) is 13.2 Å². The maximum Gasteiger partial charge on any atom is 0.249 e. The van der Waals surface area contributed by atoms with E-state index in [0.717, 1.165) is 64.8 Å². The van der Waals surface area contributed by atoms with Gasteiger partial charge < -0.3 is 24.7 Å². The molecule has 0 bridgehead atoms. The van der Waals surface area contributed by atoms with Crippen LogP contribution in [0.4, 0.5) is 11.4 Å². The molecule has 35 heavy (non-hydrogen) atoms. The molecule has 0 amide bonds. The van der Waals surface area contributed by atoms with E-state index in [1.807, 2.05) is 24.6 Å². The molecule has 0 spiro atoms. The fourth-order valence-corrected chi connectivity index (χ4v) is 5.46. The number of anilines is 2. The second-order valence-corrected chi connectivity index (χ2v) is 9.81. The van der Waals surface area contributed by atoms with Crippen LogP contribution in [0.2, 0.25) is 0 Å². The Morgan fingerprint density at radius 1 is 1.20 bits per heavy atom. The summed E-state index contributed by atoms with van der Waals surface area (Å²) in [7, 11) is 0. The van der Waals surface area contributed by atoms with Crippen LogP contribution in [0.5, 0.6) is 11.5 Å². The number of nitrogens with zero attached hydrogens (tertiary/aromatic N) is 2. The van der Waals surface area contributed by atoms with Gasteiger partial charge in [0.1, 0.15) is 17.6 Å². The highest BCUT2D eigenvalue weighted by molar-refractivity contribution is 7.09. The first kappa shape index (κ1) is 21.9. The maximum atomic E-state index is 11.8. The van der Waals surface area contributed by atoms with E-state index >= 15 is 0 Å². The molecule has 2 aliphatic rings. The van der Waals surface area contributed by atoms with Gasteiger partial charge >= 0.3 is 0 Å². The van der Waals surface area contributed by atoms with E-state index in [4.69, 9.17) is 9.47 Å². The fraction of sp³-hybridized carbons (Fsp3) is 0.259. The minimum Gasteiger partial charge on any atom is -0.456 e. The van der Waals surface area contributed by atoms with Crippen LogP contribution in [0.15, 0.2) is 65.0 Å². The monoisotopic (exact) mass is 486 g/mol. The summed E-state index contributed by atoms with van der Waals surface area (Å²) in [5.74, 6) is 1.77. The molecular weight excluding hydrogens is 460 g/mol. The largest absolute Gasteiger partial charge is 0.456 e. The Morgan fingerprint density at radius 3 is 3.00 bits per heavy atom. The summed E-state index contributed by atoms with van der Waals surface area (Å²) in [5, 5.41) is 3.51. The van der Waals surface area contributed by atoms with Crippen LogP contribution in [-0.4, -0.2) is 29.7 Å². The number of nitrogens with one attached hydrogen (secondary N) is 2. The lowest BCUT2D eigenvalue weighted by Gasteiger charge is -2.36. The lowest BCUT2D eigenvalue weighted by molar-refractivity contribution is 0.0384. The van der Waals surface area contributed by atoms with Crippen LogP contribution in [0, 0.1) is 6.92 Å². The average Bonchev–Trinajstić information content (AvgIpc) is 3.30. The summed E-state index contributed by atoms with van der Waals surface area (Å²) in [6, 6.07) is 16.1. The molecule has 1 atom stereocenters. The molecule has 2 aromatic carbocycles. The molecule has 7 nitrogen and oxygen atoms in total. The van der Waals surface area contributed by atoms with Gasteiger partial charge in [0.15, 0.2) is 0 Å². The summed E-state index contributed by atoms with van der Waals surface area (Å²) >= 11 is 1.67. The van der Waals surface area contributed by atoms with Crippen molar-refractivity contribution < 1.29 is 9.47 Å². The first-order valence-electron chi connectivity index (χ1n) is 11.7. The Morgan fingerprint density at radius 2 is 2.14 bits per heavy atom. The highest BCUT2D eigenvalue weighted by Crippen LogP contribution is 2.43. The Hall–Kier alpha value is -3.62. The summed E-state index contributed by atoms with van der Waals surface area (Å²) < 4.78 is 12.6. The van der Waals surface area contributed by atoms with E-state index in [2.05, 4.69) is 50.5 Å². The first-order valence-corrected chi connectivity index (χ1v) is 12.6. The molecule has 2 N–H and O–H groups in total. The number of pyridine rings is 1. The summed E-state index contributed by atoms with van der Waals surface area (Å²) in [6.45, 7) is 4.80. The third-order valence-electron chi connectivity index (χ3n) is 6.62. The number of morpholine rings is 1. The van der Waals surface area contributed by atoms with Crippen molar-refractivity contribution in [1.82, 2.24) is 9.97 Å². The lowest BCUT2D eigenvalue weighted by Crippen LogP contribution is -2.39. The number of rotatable bonds is 5. The number of thiazole rings is 1. The van der Waals surface area contributed by atoms with Crippen molar-refractivity contribution in [3.63, 3.8) is 0 Å². The van der Waals surface area contributed by atoms with Crippen LogP contribution >= 0.6 is 11.3 Å². The summed E-state index contributed by atoms with van der Waals surface area (Å²) in [6.07, 6.45) is 2.36. The number of aromatic nitrogens is 2. The zero-order valence-electron chi connectivity index (χ0n) is 19.4. The van der Waals surface area contributed by atoms with Gasteiger partial charge in [0.25, 0.3) is 0 Å². The number of para-hydroxylation sites is 1. The second kappa shape index (κ2) is 9.20. The number of aromatic amines is 1. The normalized spacial score (nSPS) is 16.8. The van der Waals surface area contributed by atoms with Gasteiger partial charge in [0, 0.05) is 59.2 Å². The molecule has 0 aliphatic carbocycles. The van der Waals surface area contributed by atoms with Gasteiger partial charge in [-0.3, -0.25) is 4.79 Å². The molecule has 1 saturated heterocycles. The Kier molecular flexibility index (Phi) is 5.75. The predicted octanol–water partition coefficient (Wildman–Crippen LogP) is 5.03. The van der Waals surface area contributed by atoms with Crippen molar-refractivity contribution in [1.29, 1.82) is 0 Å². The number of hydrogen-bond donors (Lipinski definition) is 2. The lowest BCUT2D eigenvalue weighted by atomic mass is 9.95. The Balaban J connectivity index is 1.22. The van der Waals surface area contributed by atoms with Gasteiger partial charge in [-0.25, -0.2) is 4.98 Å². The van der Waals surface area contributed by atoms with E-state index in [1.165, 1.54) is 4.88 Å². The second-order valence-electron chi connectivity index (χ2n) is 8.87. The third kappa shape index (κ3) is 4.42. The first-order chi connectivity index (χ1) is 17.1. The van der Waals surface area contributed by atoms with Crippen LogP contribution in [0.25, 0.3) is 0 Å². The van der Waals surface area contributed by atoms with E-state index in [1.54, 1.807) is 23.6 Å². The highest BCUT2D eigenvalue weighted by Gasteiger charge is 2.28. The Labute approximate surface area is 207 Å². The minimum absolute atomic E-state index is 0.0985. The maximum absolute atomic E-state index is 11.8. The molecule has 178 valence electrons. The molecule has 6 rings (SSSR count). The molecule has 1 unspecified atom stereocenters. The highest BCUT2D eigenvalue weighted by atomic mass is 32.1. The molecule has 0 saturated carbocycles. The minimum atomic E-state index is -0.136. The van der Waals surface area contributed by atoms with Crippen molar-refractivity contribution in [3.8, 4) is 11.5 Å². The van der Waals surface area contributed by atoms with E-state index in [9.17, 15) is 4.79 Å². The average molecular weight is 487 g/mol. The predicted molar refractivity (Wildman–Crippen MR) is 138 cm³/mol. The molecule has 2 aliphatic heterocycles. The number of aryl methyl sites for hydroxylation is 1. The van der Waals surface area contributed by atoms with Crippen LogP contribution in [-0.2, 0) is 17.7 Å². The van der Waals surface area contributed by atoms with Crippen LogP contribution in [0.1, 0.15) is 33.4 Å². The smallest absolute Gasteiger partial charge is 0.249 e. The van der Waals surface area contributed by atoms with Gasteiger partial charge in [-0.05, 0) is 36.8 Å². The number of hydrogen-bond acceptors (Lipinski definition) is 7. The molecular formula is C27H26N4O3S. The SMILES string of the molecule is Cc1ncsc1CNc1ccc2c(c1)Cc1cccc(C3CN(c4cc[nH]c(=O)c4)CCO3)c1O2. The van der Waals surface area contributed by atoms with Gasteiger partial charge in [-0.2, -0.15) is 0 Å². The zero-order valence-corrected chi connectivity index (χ0v) is 20.2. The van der Waals surface area contributed by atoms with Gasteiger partial charge in [-0.15, -0.1) is 11.3 Å². The van der Waals surface area contributed by atoms with E-state index in [-0.39, 0.29) is 11.7 Å². The third-order valence-corrected chi connectivity index (χ3v) is 7.55. The van der Waals surface area contributed by atoms with Gasteiger partial charge in [-0.1, -0.05) is 18.2 Å². The number of ether oxygens (including phenoxy) is 2. The molecule has 1 fully saturated rings. The quantitative estimate of drug-likeness (QED) is 0.363. The summed E-state index contributed by atoms with van der Waals surface area (Å²) in [5.41, 5.74) is 8.21. The summed E-state index contributed by atoms with van der Waals surface area (Å²) in [4.78, 5) is 22.2. The Bertz CT molecular complexity index is 1430. The zero-order chi connectivity index (χ0) is 23.8. The van der Waals surface area contributed by atoms with Gasteiger partial charge in [0.2, 0.25) is 5.56 Å². The van der Waals surface area contributed by atoms with Crippen LogP contribution < -0.4 is 20.5 Å². The van der Waals surface area contributed by atoms with Gasteiger partial charge in [0.05, 0.1) is 24.4 Å². The molecule has 2 aromatic heterocycles. The van der Waals surface area contributed by atoms with Crippen molar-refractivity contribution in [3.05, 3.63) is 97.9 Å². The molecule has 4 aromatic rings. The number of H-pyrrole nitrogens is 1. The van der Waals surface area contributed by atoms with Crippen LogP contribution in [0.3, 0.4) is 0 Å². The molecule has 8 heteroatoms. The van der Waals surface area contributed by atoms with Crippen molar-refractivity contribution >= 4 is 22.7 Å². The number of benzene rings is 2. The molecule has 4 heterocycles. The van der Waals surface area contributed by atoms with E-state index < -0.39 is 0 Å². The van der Waals surface area contributed by atoms with Crippen molar-refractivity contribution in [2.75, 3.05) is 29.9 Å². The molecule has 0 radical (unpaired) electrons. The number of fused-ring (bicyclic) bond motifs is 2. The van der Waals surface area contributed by atoms with Crippen molar-refractivity contribution in [2.24, 2.45) is 0 Å². The topological polar surface area (TPSA) is 79.5 Å².